The number of nitrogen functional groups attached to an aromatic ring is 1. The van der Waals surface area contributed by atoms with E-state index in [9.17, 15) is 5.11 Å². The molecule has 1 fully saturated rings. The zero-order valence-electron chi connectivity index (χ0n) is 20.3. The van der Waals surface area contributed by atoms with Crippen LogP contribution in [0.25, 0.3) is 11.0 Å². The van der Waals surface area contributed by atoms with Gasteiger partial charge >= 0.3 is 0 Å². The Morgan fingerprint density at radius 2 is 2.03 bits per heavy atom. The fourth-order valence-corrected chi connectivity index (χ4v) is 4.57. The van der Waals surface area contributed by atoms with Gasteiger partial charge in [0.1, 0.15) is 11.3 Å². The first kappa shape index (κ1) is 24.3. The van der Waals surface area contributed by atoms with Gasteiger partial charge in [0, 0.05) is 44.5 Å². The average molecular weight is 468 g/mol. The van der Waals surface area contributed by atoms with Crippen LogP contribution in [-0.2, 0) is 13.1 Å². The van der Waals surface area contributed by atoms with Crippen molar-refractivity contribution in [1.29, 1.82) is 0 Å². The Labute approximate surface area is 201 Å². The molecule has 1 saturated heterocycles. The summed E-state index contributed by atoms with van der Waals surface area (Å²) in [6.07, 6.45) is 4.97. The zero-order chi connectivity index (χ0) is 23.9. The molecule has 9 heteroatoms. The van der Waals surface area contributed by atoms with Crippen molar-refractivity contribution in [1.82, 2.24) is 24.8 Å². The summed E-state index contributed by atoms with van der Waals surface area (Å²) in [7, 11) is 1.71. The van der Waals surface area contributed by atoms with Crippen molar-refractivity contribution in [3.05, 3.63) is 41.6 Å². The normalized spacial score (nSPS) is 15.5. The number of piperazine rings is 1. The fourth-order valence-electron chi connectivity index (χ4n) is 4.57. The second-order valence-electron chi connectivity index (χ2n) is 8.95. The number of methoxy groups -OCH3 is 1. The number of nitrogens with one attached hydrogen (secondary N) is 2. The predicted molar refractivity (Wildman–Crippen MR) is 136 cm³/mol. The average Bonchev–Trinajstić information content (AvgIpc) is 3.25. The Bertz CT molecular complexity index is 1080. The molecule has 1 atom stereocenters. The highest BCUT2D eigenvalue weighted by atomic mass is 16.5. The number of aliphatic hydroxyl groups is 1. The van der Waals surface area contributed by atoms with Gasteiger partial charge in [0.05, 0.1) is 31.8 Å². The molecule has 0 radical (unpaired) electrons. The summed E-state index contributed by atoms with van der Waals surface area (Å²) in [5.74, 6) is 1.72. The lowest BCUT2D eigenvalue weighted by atomic mass is 10.1. The van der Waals surface area contributed by atoms with Crippen LogP contribution < -0.4 is 21.1 Å². The molecular formula is C25H37N7O2. The lowest BCUT2D eigenvalue weighted by molar-refractivity contribution is 0.233. The minimum Gasteiger partial charge on any atom is -0.496 e. The van der Waals surface area contributed by atoms with Crippen LogP contribution in [0, 0.1) is 0 Å². The van der Waals surface area contributed by atoms with Crippen molar-refractivity contribution in [2.75, 3.05) is 50.9 Å². The largest absolute Gasteiger partial charge is 0.496 e. The van der Waals surface area contributed by atoms with Gasteiger partial charge in [0.2, 0.25) is 5.95 Å². The van der Waals surface area contributed by atoms with E-state index in [1.54, 1.807) is 7.11 Å². The summed E-state index contributed by atoms with van der Waals surface area (Å²) >= 11 is 0. The lowest BCUT2D eigenvalue weighted by Crippen LogP contribution is -2.42. The molecule has 5 N–H and O–H groups in total. The first-order valence-corrected chi connectivity index (χ1v) is 12.2. The summed E-state index contributed by atoms with van der Waals surface area (Å²) in [6.45, 7) is 7.89. The maximum atomic E-state index is 9.88. The van der Waals surface area contributed by atoms with E-state index < -0.39 is 0 Å². The smallest absolute Gasteiger partial charge is 0.222 e. The number of aromatic nitrogens is 3. The van der Waals surface area contributed by atoms with E-state index in [0.29, 0.717) is 12.4 Å². The van der Waals surface area contributed by atoms with E-state index in [0.717, 1.165) is 74.3 Å². The third-order valence-electron chi connectivity index (χ3n) is 6.40. The molecular weight excluding hydrogens is 430 g/mol. The van der Waals surface area contributed by atoms with E-state index in [2.05, 4.69) is 55.2 Å². The van der Waals surface area contributed by atoms with Gasteiger partial charge in [0.15, 0.2) is 5.82 Å². The number of benzene rings is 1. The summed E-state index contributed by atoms with van der Waals surface area (Å²) in [4.78, 5) is 11.4. The zero-order valence-corrected chi connectivity index (χ0v) is 20.3. The maximum absolute atomic E-state index is 9.88. The molecule has 1 aliphatic heterocycles. The summed E-state index contributed by atoms with van der Waals surface area (Å²) in [5, 5.41) is 16.7. The summed E-state index contributed by atoms with van der Waals surface area (Å²) < 4.78 is 7.81. The molecule has 0 amide bonds. The Hall–Kier alpha value is -2.88. The molecule has 3 heterocycles. The molecule has 0 saturated carbocycles. The number of hydrogen-bond acceptors (Lipinski definition) is 8. The number of nitrogens with zero attached hydrogens (tertiary/aromatic N) is 4. The van der Waals surface area contributed by atoms with Gasteiger partial charge in [0.25, 0.3) is 0 Å². The Balaban J connectivity index is 1.63. The van der Waals surface area contributed by atoms with Crippen molar-refractivity contribution in [3.63, 3.8) is 0 Å². The van der Waals surface area contributed by atoms with Gasteiger partial charge in [-0.2, -0.15) is 4.98 Å². The number of anilines is 2. The topological polar surface area (TPSA) is 113 Å². The number of nitrogens with two attached hydrogens (primary N) is 1. The maximum Gasteiger partial charge on any atom is 0.222 e. The highest BCUT2D eigenvalue weighted by molar-refractivity contribution is 5.87. The number of unbranched alkanes of at least 4 members (excludes halogenated alkanes) is 1. The van der Waals surface area contributed by atoms with Gasteiger partial charge in [-0.1, -0.05) is 25.8 Å². The Kier molecular flexibility index (Phi) is 8.21. The van der Waals surface area contributed by atoms with E-state index in [4.69, 9.17) is 10.5 Å². The van der Waals surface area contributed by atoms with Crippen LogP contribution in [-0.4, -0.2) is 70.5 Å². The third-order valence-corrected chi connectivity index (χ3v) is 6.40. The standard InChI is InChI=1S/C25H37N7O2/c1-3-4-5-20(17-33)28-24-23-21(29-25(26)30-24)8-11-32(23)16-19-14-18(6-7-22(19)34-2)15-31-12-9-27-10-13-31/h6-8,11,14,20,27,33H,3-5,9-10,12-13,15-17H2,1-2H3,(H3,26,28,29,30)/t20-/m0/s1. The quantitative estimate of drug-likeness (QED) is 0.340. The van der Waals surface area contributed by atoms with Crippen LogP contribution >= 0.6 is 0 Å². The van der Waals surface area contributed by atoms with Crippen molar-refractivity contribution < 1.29 is 9.84 Å². The van der Waals surface area contributed by atoms with Gasteiger partial charge < -0.3 is 30.8 Å². The highest BCUT2D eigenvalue weighted by Gasteiger charge is 2.17. The van der Waals surface area contributed by atoms with E-state index >= 15 is 0 Å². The Morgan fingerprint density at radius 1 is 1.21 bits per heavy atom. The van der Waals surface area contributed by atoms with Gasteiger partial charge in [-0.25, -0.2) is 4.98 Å². The first-order chi connectivity index (χ1) is 16.6. The molecule has 0 spiro atoms. The van der Waals surface area contributed by atoms with Crippen molar-refractivity contribution in [3.8, 4) is 5.75 Å². The molecule has 0 aliphatic carbocycles. The van der Waals surface area contributed by atoms with Crippen molar-refractivity contribution in [2.24, 2.45) is 0 Å². The molecule has 1 aliphatic rings. The molecule has 9 nitrogen and oxygen atoms in total. The van der Waals surface area contributed by atoms with E-state index in [1.165, 1.54) is 5.56 Å². The molecule has 0 unspecified atom stereocenters. The van der Waals surface area contributed by atoms with Crippen molar-refractivity contribution in [2.45, 2.75) is 45.3 Å². The number of fused-ring (bicyclic) bond motifs is 1. The Morgan fingerprint density at radius 3 is 2.76 bits per heavy atom. The van der Waals surface area contributed by atoms with Crippen LogP contribution in [0.4, 0.5) is 11.8 Å². The minimum absolute atomic E-state index is 0.0357. The third kappa shape index (κ3) is 5.78. The van der Waals surface area contributed by atoms with Crippen LogP contribution in [0.3, 0.4) is 0 Å². The van der Waals surface area contributed by atoms with Crippen LogP contribution in [0.15, 0.2) is 30.5 Å². The summed E-state index contributed by atoms with van der Waals surface area (Å²) in [5.41, 5.74) is 10.0. The van der Waals surface area contributed by atoms with Gasteiger partial charge in [-0.3, -0.25) is 4.90 Å². The molecule has 0 bridgehead atoms. The molecule has 184 valence electrons. The molecule has 1 aromatic carbocycles. The van der Waals surface area contributed by atoms with Crippen LogP contribution in [0.5, 0.6) is 5.75 Å². The van der Waals surface area contributed by atoms with Gasteiger partial charge in [-0.15, -0.1) is 0 Å². The van der Waals surface area contributed by atoms with Crippen LogP contribution in [0.1, 0.15) is 37.3 Å². The van der Waals surface area contributed by atoms with E-state index in [1.807, 2.05) is 12.3 Å². The molecule has 2 aromatic heterocycles. The van der Waals surface area contributed by atoms with Gasteiger partial charge in [-0.05, 0) is 30.2 Å². The molecule has 3 aromatic rings. The monoisotopic (exact) mass is 467 g/mol. The number of ether oxygens (including phenoxy) is 1. The number of aliphatic hydroxyl groups excluding tert-OH is 1. The van der Waals surface area contributed by atoms with Crippen LogP contribution in [0.2, 0.25) is 0 Å². The highest BCUT2D eigenvalue weighted by Crippen LogP contribution is 2.28. The summed E-state index contributed by atoms with van der Waals surface area (Å²) in [6, 6.07) is 8.30. The predicted octanol–water partition coefficient (Wildman–Crippen LogP) is 2.44. The molecule has 34 heavy (non-hydrogen) atoms. The number of hydrogen-bond donors (Lipinski definition) is 4. The second kappa shape index (κ2) is 11.5. The second-order valence-corrected chi connectivity index (χ2v) is 8.95. The van der Waals surface area contributed by atoms with Crippen molar-refractivity contribution >= 4 is 22.8 Å². The first-order valence-electron chi connectivity index (χ1n) is 12.2. The molecule has 4 rings (SSSR count). The minimum atomic E-state index is -0.0855. The number of rotatable bonds is 11. The lowest BCUT2D eigenvalue weighted by Gasteiger charge is -2.27. The van der Waals surface area contributed by atoms with E-state index in [-0.39, 0.29) is 18.6 Å². The fraction of sp³-hybridized carbons (Fsp3) is 0.520. The SMILES string of the molecule is CCCC[C@@H](CO)Nc1nc(N)nc2ccn(Cc3cc(CN4CCNCC4)ccc3OC)c12.